The summed E-state index contributed by atoms with van der Waals surface area (Å²) < 4.78 is 13.0. The number of nitrogens with one attached hydrogen (secondary N) is 1. The van der Waals surface area contributed by atoms with E-state index in [1.807, 2.05) is 6.92 Å². The van der Waals surface area contributed by atoms with E-state index in [2.05, 4.69) is 5.32 Å². The van der Waals surface area contributed by atoms with Crippen LogP contribution >= 0.6 is 11.6 Å². The largest absolute Gasteiger partial charge is 0.392 e. The molecule has 0 spiro atoms. The van der Waals surface area contributed by atoms with Gasteiger partial charge in [-0.05, 0) is 24.1 Å². The maximum absolute atomic E-state index is 13.0. The maximum Gasteiger partial charge on any atom is 0.142 e. The summed E-state index contributed by atoms with van der Waals surface area (Å²) in [5.41, 5.74) is 0.820. The second-order valence-electron chi connectivity index (χ2n) is 3.44. The number of benzene rings is 1. The van der Waals surface area contributed by atoms with Gasteiger partial charge in [-0.3, -0.25) is 0 Å². The highest BCUT2D eigenvalue weighted by Gasteiger charge is 2.02. The molecule has 4 heteroatoms. The van der Waals surface area contributed by atoms with E-state index in [4.69, 9.17) is 11.6 Å². The lowest BCUT2D eigenvalue weighted by molar-refractivity contribution is 0.167. The molecule has 0 radical (unpaired) electrons. The van der Waals surface area contributed by atoms with Crippen LogP contribution in [-0.4, -0.2) is 17.8 Å². The van der Waals surface area contributed by atoms with Crippen molar-refractivity contribution >= 4 is 11.6 Å². The quantitative estimate of drug-likeness (QED) is 0.815. The second kappa shape index (κ2) is 6.05. The molecular weight excluding hydrogens is 217 g/mol. The molecule has 0 fully saturated rings. The molecular formula is C11H15ClFNO. The highest BCUT2D eigenvalue weighted by molar-refractivity contribution is 6.30. The molecule has 1 rings (SSSR count). The minimum atomic E-state index is -0.410. The van der Waals surface area contributed by atoms with Gasteiger partial charge in [-0.25, -0.2) is 4.39 Å². The van der Waals surface area contributed by atoms with Gasteiger partial charge in [0, 0.05) is 13.1 Å². The first kappa shape index (κ1) is 12.4. The molecule has 0 aliphatic rings. The van der Waals surface area contributed by atoms with E-state index in [1.165, 1.54) is 12.1 Å². The summed E-state index contributed by atoms with van der Waals surface area (Å²) in [6.45, 7) is 2.96. The summed E-state index contributed by atoms with van der Waals surface area (Å²) in [6.07, 6.45) is 0.365. The predicted octanol–water partition coefficient (Wildman–Crippen LogP) is 2.34. The molecule has 84 valence electrons. The first-order valence-corrected chi connectivity index (χ1v) is 5.34. The predicted molar refractivity (Wildman–Crippen MR) is 59.4 cm³/mol. The molecule has 1 atom stereocenters. The average Bonchev–Trinajstić information content (AvgIpc) is 2.23. The smallest absolute Gasteiger partial charge is 0.142 e. The fourth-order valence-corrected chi connectivity index (χ4v) is 1.29. The molecule has 0 aliphatic heterocycles. The second-order valence-corrected chi connectivity index (χ2v) is 3.85. The van der Waals surface area contributed by atoms with Crippen LogP contribution < -0.4 is 5.32 Å². The van der Waals surface area contributed by atoms with Crippen molar-refractivity contribution in [2.75, 3.05) is 6.54 Å². The van der Waals surface area contributed by atoms with Crippen molar-refractivity contribution in [3.8, 4) is 0 Å². The van der Waals surface area contributed by atoms with E-state index in [1.54, 1.807) is 6.07 Å². The number of aliphatic hydroxyl groups is 1. The summed E-state index contributed by atoms with van der Waals surface area (Å²) in [5, 5.41) is 12.4. The van der Waals surface area contributed by atoms with Gasteiger partial charge in [0.25, 0.3) is 0 Å². The monoisotopic (exact) mass is 231 g/mol. The van der Waals surface area contributed by atoms with Crippen molar-refractivity contribution in [2.24, 2.45) is 0 Å². The van der Waals surface area contributed by atoms with Crippen LogP contribution in [0.3, 0.4) is 0 Å². The fraction of sp³-hybridized carbons (Fsp3) is 0.455. The van der Waals surface area contributed by atoms with E-state index in [-0.39, 0.29) is 11.1 Å². The Labute approximate surface area is 94.1 Å². The highest BCUT2D eigenvalue weighted by atomic mass is 35.5. The first-order chi connectivity index (χ1) is 7.13. The molecule has 0 saturated heterocycles. The molecule has 2 nitrogen and oxygen atoms in total. The van der Waals surface area contributed by atoms with Crippen LogP contribution in [0, 0.1) is 5.82 Å². The van der Waals surface area contributed by atoms with Gasteiger partial charge in [0.05, 0.1) is 11.1 Å². The Balaban J connectivity index is 2.41. The molecule has 0 aromatic heterocycles. The van der Waals surface area contributed by atoms with Crippen molar-refractivity contribution in [2.45, 2.75) is 26.0 Å². The average molecular weight is 232 g/mol. The molecule has 0 bridgehead atoms. The van der Waals surface area contributed by atoms with Crippen molar-refractivity contribution in [3.05, 3.63) is 34.6 Å². The van der Waals surface area contributed by atoms with Crippen molar-refractivity contribution in [3.63, 3.8) is 0 Å². The number of aliphatic hydroxyl groups excluding tert-OH is 1. The molecule has 2 N–H and O–H groups in total. The maximum atomic E-state index is 13.0. The zero-order valence-electron chi connectivity index (χ0n) is 8.63. The molecule has 1 unspecified atom stereocenters. The summed E-state index contributed by atoms with van der Waals surface area (Å²) in [4.78, 5) is 0. The number of hydrogen-bond acceptors (Lipinski definition) is 2. The first-order valence-electron chi connectivity index (χ1n) is 4.96. The van der Waals surface area contributed by atoms with Gasteiger partial charge in [0.2, 0.25) is 0 Å². The molecule has 0 saturated carbocycles. The Morgan fingerprint density at radius 1 is 1.53 bits per heavy atom. The number of rotatable bonds is 5. The third kappa shape index (κ3) is 4.16. The Bertz CT molecular complexity index is 319. The highest BCUT2D eigenvalue weighted by Crippen LogP contribution is 2.15. The van der Waals surface area contributed by atoms with Gasteiger partial charge >= 0.3 is 0 Å². The van der Waals surface area contributed by atoms with Crippen molar-refractivity contribution in [1.82, 2.24) is 5.32 Å². The lowest BCUT2D eigenvalue weighted by Gasteiger charge is -2.09. The van der Waals surface area contributed by atoms with Gasteiger partial charge in [0.15, 0.2) is 0 Å². The van der Waals surface area contributed by atoms with Crippen LogP contribution in [0.15, 0.2) is 18.2 Å². The van der Waals surface area contributed by atoms with Gasteiger partial charge in [-0.15, -0.1) is 0 Å². The van der Waals surface area contributed by atoms with Gasteiger partial charge in [0.1, 0.15) is 5.82 Å². The fourth-order valence-electron chi connectivity index (χ4n) is 1.18. The van der Waals surface area contributed by atoms with Crippen LogP contribution in [0.4, 0.5) is 4.39 Å². The SMILES string of the molecule is CCC(O)CNCc1ccc(Cl)c(F)c1. The van der Waals surface area contributed by atoms with E-state index >= 15 is 0 Å². The van der Waals surface area contributed by atoms with Crippen LogP contribution in [-0.2, 0) is 6.54 Å². The van der Waals surface area contributed by atoms with E-state index < -0.39 is 5.82 Å². The summed E-state index contributed by atoms with van der Waals surface area (Å²) in [5.74, 6) is -0.410. The number of halogens is 2. The Hall–Kier alpha value is -0.640. The molecule has 15 heavy (non-hydrogen) atoms. The molecule has 0 aliphatic carbocycles. The minimum absolute atomic E-state index is 0.132. The van der Waals surface area contributed by atoms with E-state index in [0.717, 1.165) is 5.56 Å². The Morgan fingerprint density at radius 2 is 2.27 bits per heavy atom. The van der Waals surface area contributed by atoms with Gasteiger partial charge in [-0.2, -0.15) is 0 Å². The lowest BCUT2D eigenvalue weighted by Crippen LogP contribution is -2.25. The lowest BCUT2D eigenvalue weighted by atomic mass is 10.2. The van der Waals surface area contributed by atoms with Crippen LogP contribution in [0.2, 0.25) is 5.02 Å². The standard InChI is InChI=1S/C11H15ClFNO/c1-2-9(15)7-14-6-8-3-4-10(12)11(13)5-8/h3-5,9,14-15H,2,6-7H2,1H3. The van der Waals surface area contributed by atoms with Crippen LogP contribution in [0.5, 0.6) is 0 Å². The van der Waals surface area contributed by atoms with Gasteiger partial charge < -0.3 is 10.4 Å². The van der Waals surface area contributed by atoms with E-state index in [9.17, 15) is 9.50 Å². The van der Waals surface area contributed by atoms with Crippen LogP contribution in [0.25, 0.3) is 0 Å². The zero-order chi connectivity index (χ0) is 11.3. The number of hydrogen-bond donors (Lipinski definition) is 2. The third-order valence-electron chi connectivity index (χ3n) is 2.16. The molecule has 1 aromatic carbocycles. The van der Waals surface area contributed by atoms with Crippen molar-refractivity contribution in [1.29, 1.82) is 0 Å². The summed E-state index contributed by atoms with van der Waals surface area (Å²) in [7, 11) is 0. The molecule has 0 amide bonds. The summed E-state index contributed by atoms with van der Waals surface area (Å²) >= 11 is 5.55. The normalized spacial score (nSPS) is 12.8. The van der Waals surface area contributed by atoms with E-state index in [0.29, 0.717) is 19.5 Å². The Kier molecular flexibility index (Phi) is 5.02. The summed E-state index contributed by atoms with van der Waals surface area (Å²) in [6, 6.07) is 4.69. The van der Waals surface area contributed by atoms with Crippen molar-refractivity contribution < 1.29 is 9.50 Å². The third-order valence-corrected chi connectivity index (χ3v) is 2.47. The van der Waals surface area contributed by atoms with Gasteiger partial charge in [-0.1, -0.05) is 24.6 Å². The molecule has 1 aromatic rings. The Morgan fingerprint density at radius 3 is 2.87 bits per heavy atom. The minimum Gasteiger partial charge on any atom is -0.392 e. The zero-order valence-corrected chi connectivity index (χ0v) is 9.39. The molecule has 0 heterocycles. The van der Waals surface area contributed by atoms with Crippen LogP contribution in [0.1, 0.15) is 18.9 Å². The topological polar surface area (TPSA) is 32.3 Å².